The first-order valence-corrected chi connectivity index (χ1v) is 7.65. The van der Waals surface area contributed by atoms with Gasteiger partial charge >= 0.3 is 6.03 Å². The summed E-state index contributed by atoms with van der Waals surface area (Å²) in [7, 11) is 1.52. The number of nitrogens with one attached hydrogen (secondary N) is 3. The number of hydrogen-bond acceptors (Lipinski definition) is 4. The van der Waals surface area contributed by atoms with Gasteiger partial charge in [0.15, 0.2) is 0 Å². The number of ether oxygens (including phenoxy) is 1. The van der Waals surface area contributed by atoms with Crippen LogP contribution in [0.1, 0.15) is 5.56 Å². The van der Waals surface area contributed by atoms with Gasteiger partial charge in [-0.3, -0.25) is 10.1 Å². The Morgan fingerprint density at radius 1 is 1.12 bits per heavy atom. The highest BCUT2D eigenvalue weighted by atomic mass is 35.5. The van der Waals surface area contributed by atoms with Crippen molar-refractivity contribution in [3.05, 3.63) is 59.1 Å². The number of halogens is 1. The van der Waals surface area contributed by atoms with Gasteiger partial charge < -0.3 is 15.4 Å². The quantitative estimate of drug-likeness (QED) is 0.750. The van der Waals surface area contributed by atoms with E-state index in [-0.39, 0.29) is 6.54 Å². The molecule has 0 saturated carbocycles. The third-order valence-corrected chi connectivity index (χ3v) is 3.38. The number of rotatable bonds is 6. The monoisotopic (exact) mass is 347 g/mol. The second-order valence-electron chi connectivity index (χ2n) is 4.91. The van der Waals surface area contributed by atoms with Crippen LogP contribution < -0.4 is 20.7 Å². The summed E-state index contributed by atoms with van der Waals surface area (Å²) >= 11 is 5.91. The zero-order valence-electron chi connectivity index (χ0n) is 13.1. The number of urea groups is 1. The van der Waals surface area contributed by atoms with Crippen LogP contribution in [-0.2, 0) is 11.3 Å². The molecule has 0 aliphatic carbocycles. The number of carbonyl (C=O) groups is 2. The van der Waals surface area contributed by atoms with Crippen molar-refractivity contribution in [1.29, 1.82) is 0 Å². The fraction of sp³-hybridized carbons (Fsp3) is 0.176. The van der Waals surface area contributed by atoms with Crippen molar-refractivity contribution < 1.29 is 14.3 Å². The van der Waals surface area contributed by atoms with E-state index in [1.807, 2.05) is 30.3 Å². The molecule has 3 amide bonds. The van der Waals surface area contributed by atoms with Crippen LogP contribution in [0.2, 0.25) is 5.02 Å². The Morgan fingerprint density at radius 3 is 2.58 bits per heavy atom. The van der Waals surface area contributed by atoms with E-state index in [0.29, 0.717) is 23.0 Å². The Hall–Kier alpha value is -2.73. The summed E-state index contributed by atoms with van der Waals surface area (Å²) in [6, 6.07) is 13.9. The molecule has 0 spiro atoms. The Bertz CT molecular complexity index is 707. The lowest BCUT2D eigenvalue weighted by molar-refractivity contribution is -0.118. The minimum Gasteiger partial charge on any atom is -0.495 e. The summed E-state index contributed by atoms with van der Waals surface area (Å²) in [4.78, 5) is 23.5. The summed E-state index contributed by atoms with van der Waals surface area (Å²) in [5.74, 6) is 0.0864. The summed E-state index contributed by atoms with van der Waals surface area (Å²) in [5, 5.41) is 8.26. The molecule has 3 N–H and O–H groups in total. The van der Waals surface area contributed by atoms with E-state index in [4.69, 9.17) is 16.3 Å². The average Bonchev–Trinajstić information content (AvgIpc) is 2.59. The molecule has 0 radical (unpaired) electrons. The van der Waals surface area contributed by atoms with Crippen molar-refractivity contribution in [3.8, 4) is 5.75 Å². The van der Waals surface area contributed by atoms with Crippen molar-refractivity contribution in [1.82, 2.24) is 10.6 Å². The Labute approximate surface area is 145 Å². The highest BCUT2D eigenvalue weighted by molar-refractivity contribution is 6.30. The first-order valence-electron chi connectivity index (χ1n) is 7.27. The molecule has 0 fully saturated rings. The second kappa shape index (κ2) is 8.79. The maximum absolute atomic E-state index is 11.8. The molecule has 0 saturated heterocycles. The third kappa shape index (κ3) is 5.48. The molecule has 0 aromatic heterocycles. The van der Waals surface area contributed by atoms with Gasteiger partial charge in [0.05, 0.1) is 19.3 Å². The molecule has 2 aromatic rings. The lowest BCUT2D eigenvalue weighted by Crippen LogP contribution is -2.41. The predicted octanol–water partition coefficient (Wildman–Crippen LogP) is 2.79. The van der Waals surface area contributed by atoms with Gasteiger partial charge in [0.25, 0.3) is 0 Å². The lowest BCUT2D eigenvalue weighted by Gasteiger charge is -2.11. The molecule has 0 atom stereocenters. The number of hydrogen-bond donors (Lipinski definition) is 3. The van der Waals surface area contributed by atoms with Crippen molar-refractivity contribution in [2.24, 2.45) is 0 Å². The molecule has 2 aromatic carbocycles. The van der Waals surface area contributed by atoms with E-state index in [0.717, 1.165) is 5.56 Å². The molecule has 7 heteroatoms. The van der Waals surface area contributed by atoms with Crippen LogP contribution in [0, 0.1) is 0 Å². The van der Waals surface area contributed by atoms with Gasteiger partial charge in [-0.1, -0.05) is 41.9 Å². The number of imide groups is 1. The Morgan fingerprint density at radius 2 is 1.88 bits per heavy atom. The fourth-order valence-electron chi connectivity index (χ4n) is 1.99. The minimum absolute atomic E-state index is 0.0878. The van der Waals surface area contributed by atoms with E-state index in [1.54, 1.807) is 18.2 Å². The zero-order valence-corrected chi connectivity index (χ0v) is 13.9. The van der Waals surface area contributed by atoms with Crippen LogP contribution in [-0.4, -0.2) is 25.6 Å². The van der Waals surface area contributed by atoms with Crippen LogP contribution in [0.15, 0.2) is 48.5 Å². The van der Waals surface area contributed by atoms with Gasteiger partial charge in [-0.05, 0) is 23.8 Å². The molecular formula is C17H18ClN3O3. The van der Waals surface area contributed by atoms with Gasteiger partial charge in [-0.2, -0.15) is 0 Å². The second-order valence-corrected chi connectivity index (χ2v) is 5.35. The fourth-order valence-corrected chi connectivity index (χ4v) is 2.16. The normalized spacial score (nSPS) is 9.92. The van der Waals surface area contributed by atoms with E-state index >= 15 is 0 Å². The van der Waals surface area contributed by atoms with E-state index < -0.39 is 11.9 Å². The van der Waals surface area contributed by atoms with Gasteiger partial charge in [0.1, 0.15) is 5.75 Å². The summed E-state index contributed by atoms with van der Waals surface area (Å²) in [5.41, 5.74) is 1.52. The van der Waals surface area contributed by atoms with Crippen LogP contribution in [0.3, 0.4) is 0 Å². The zero-order chi connectivity index (χ0) is 17.4. The van der Waals surface area contributed by atoms with Gasteiger partial charge in [-0.25, -0.2) is 4.79 Å². The molecule has 2 rings (SSSR count). The molecule has 6 nitrogen and oxygen atoms in total. The molecule has 0 unspecified atom stereocenters. The molecular weight excluding hydrogens is 330 g/mol. The molecule has 0 heterocycles. The number of anilines is 1. The highest BCUT2D eigenvalue weighted by Gasteiger charge is 2.09. The van der Waals surface area contributed by atoms with Crippen molar-refractivity contribution in [3.63, 3.8) is 0 Å². The first kappa shape index (κ1) is 17.6. The number of carbonyl (C=O) groups excluding carboxylic acids is 2. The summed E-state index contributed by atoms with van der Waals surface area (Å²) in [6.07, 6.45) is 0. The SMILES string of the molecule is COc1ccc(Cl)cc1NCC(=O)NC(=O)NCc1ccccc1. The van der Waals surface area contributed by atoms with Crippen molar-refractivity contribution in [2.75, 3.05) is 19.0 Å². The Balaban J connectivity index is 1.79. The maximum Gasteiger partial charge on any atom is 0.321 e. The minimum atomic E-state index is -0.552. The summed E-state index contributed by atoms with van der Waals surface area (Å²) < 4.78 is 5.17. The van der Waals surface area contributed by atoms with Crippen LogP contribution in [0.5, 0.6) is 5.75 Å². The van der Waals surface area contributed by atoms with E-state index in [2.05, 4.69) is 16.0 Å². The Kier molecular flexibility index (Phi) is 6.45. The van der Waals surface area contributed by atoms with Gasteiger partial charge in [0.2, 0.25) is 5.91 Å². The standard InChI is InChI=1S/C17H18ClN3O3/c1-24-15-8-7-13(18)9-14(15)19-11-16(22)21-17(23)20-10-12-5-3-2-4-6-12/h2-9,19H,10-11H2,1H3,(H2,20,21,22,23). The predicted molar refractivity (Wildman–Crippen MR) is 93.3 cm³/mol. The lowest BCUT2D eigenvalue weighted by atomic mass is 10.2. The van der Waals surface area contributed by atoms with E-state index in [1.165, 1.54) is 7.11 Å². The van der Waals surface area contributed by atoms with Crippen LogP contribution in [0.25, 0.3) is 0 Å². The van der Waals surface area contributed by atoms with Crippen molar-refractivity contribution >= 4 is 29.2 Å². The highest BCUT2D eigenvalue weighted by Crippen LogP contribution is 2.27. The van der Waals surface area contributed by atoms with Gasteiger partial charge in [-0.15, -0.1) is 0 Å². The largest absolute Gasteiger partial charge is 0.495 e. The number of benzene rings is 2. The molecule has 0 bridgehead atoms. The smallest absolute Gasteiger partial charge is 0.321 e. The van der Waals surface area contributed by atoms with E-state index in [9.17, 15) is 9.59 Å². The van der Waals surface area contributed by atoms with Crippen LogP contribution >= 0.6 is 11.6 Å². The maximum atomic E-state index is 11.8. The molecule has 0 aliphatic heterocycles. The number of methoxy groups -OCH3 is 1. The number of amides is 3. The molecule has 126 valence electrons. The molecule has 24 heavy (non-hydrogen) atoms. The first-order chi connectivity index (χ1) is 11.6. The van der Waals surface area contributed by atoms with Gasteiger partial charge in [0, 0.05) is 11.6 Å². The van der Waals surface area contributed by atoms with Crippen LogP contribution in [0.4, 0.5) is 10.5 Å². The third-order valence-electron chi connectivity index (χ3n) is 3.15. The topological polar surface area (TPSA) is 79.5 Å². The molecule has 0 aliphatic rings. The van der Waals surface area contributed by atoms with Crippen molar-refractivity contribution in [2.45, 2.75) is 6.54 Å². The summed E-state index contributed by atoms with van der Waals surface area (Å²) in [6.45, 7) is 0.255. The average molecular weight is 348 g/mol.